The van der Waals surface area contributed by atoms with Crippen LogP contribution in [-0.4, -0.2) is 67.2 Å². The molecule has 1 aliphatic heterocycles. The number of aromatic nitrogens is 3. The quantitative estimate of drug-likeness (QED) is 0.249. The van der Waals surface area contributed by atoms with E-state index in [1.807, 2.05) is 18.2 Å². The van der Waals surface area contributed by atoms with Crippen molar-refractivity contribution in [2.45, 2.75) is 19.9 Å². The van der Waals surface area contributed by atoms with Gasteiger partial charge < -0.3 is 25.4 Å². The van der Waals surface area contributed by atoms with Gasteiger partial charge in [-0.1, -0.05) is 11.1 Å². The fraction of sp³-hybridized carbons (Fsp3) is 0.321. The van der Waals surface area contributed by atoms with Crippen LogP contribution in [0.15, 0.2) is 42.6 Å². The van der Waals surface area contributed by atoms with E-state index >= 15 is 0 Å². The van der Waals surface area contributed by atoms with Gasteiger partial charge in [-0.15, -0.1) is 0 Å². The molecule has 2 aromatic carbocycles. The maximum absolute atomic E-state index is 14.4. The Labute approximate surface area is 231 Å². The van der Waals surface area contributed by atoms with E-state index in [2.05, 4.69) is 49.2 Å². The number of piperazine rings is 1. The molecule has 210 valence electrons. The number of H-pyrrole nitrogens is 2. The second-order valence-corrected chi connectivity index (χ2v) is 9.82. The molecule has 0 unspecified atom stereocenters. The fourth-order valence-corrected chi connectivity index (χ4v) is 4.98. The van der Waals surface area contributed by atoms with Gasteiger partial charge in [-0.2, -0.15) is 0 Å². The van der Waals surface area contributed by atoms with Gasteiger partial charge >= 0.3 is 5.95 Å². The monoisotopic (exact) mass is 549 g/mol. The van der Waals surface area contributed by atoms with Gasteiger partial charge in [-0.05, 0) is 32.0 Å². The molecule has 0 saturated carbocycles. The number of methoxy groups -OCH3 is 2. The lowest BCUT2D eigenvalue weighted by Crippen LogP contribution is -2.49. The third kappa shape index (κ3) is 5.30. The second kappa shape index (κ2) is 11.3. The summed E-state index contributed by atoms with van der Waals surface area (Å²) in [7, 11) is 3.26. The topological polar surface area (TPSA) is 135 Å². The summed E-state index contributed by atoms with van der Waals surface area (Å²) in [6.07, 6.45) is 1.75. The Morgan fingerprint density at radius 2 is 1.82 bits per heavy atom. The van der Waals surface area contributed by atoms with Crippen molar-refractivity contribution in [3.05, 3.63) is 54.0 Å². The van der Waals surface area contributed by atoms with E-state index < -0.39 is 11.7 Å². The summed E-state index contributed by atoms with van der Waals surface area (Å²) in [5, 5.41) is 7.05. The summed E-state index contributed by atoms with van der Waals surface area (Å²) in [4.78, 5) is 27.7. The van der Waals surface area contributed by atoms with Crippen molar-refractivity contribution in [1.29, 1.82) is 0 Å². The normalized spacial score (nSPS) is 14.0. The SMILES string of the molecule is COc1cc(N2CCN(C(C)C)CC2)c(OC)cc1Nc1nc(Nc2cccc(F)c2C(N)=O)c2cc[nH]c2[nH+]1. The molecule has 0 bridgehead atoms. The minimum absolute atomic E-state index is 0.209. The first kappa shape index (κ1) is 27.0. The van der Waals surface area contributed by atoms with Crippen LogP contribution in [0.5, 0.6) is 11.5 Å². The summed E-state index contributed by atoms with van der Waals surface area (Å²) in [6, 6.07) is 10.4. The standard InChI is InChI=1S/C28H33FN8O3/c1-16(2)36-10-12-37(13-11-36)21-15-22(39-3)20(14-23(21)40-4)33-28-34-26-17(8-9-31-26)27(35-28)32-19-7-5-6-18(29)24(19)25(30)38/h5-9,14-16H,10-13H2,1-4H3,(H2,30,38)(H3,31,32,33,34,35)/p+1. The van der Waals surface area contributed by atoms with Crippen LogP contribution >= 0.6 is 0 Å². The molecule has 12 heteroatoms. The molecule has 0 atom stereocenters. The molecule has 6 N–H and O–H groups in total. The van der Waals surface area contributed by atoms with Crippen LogP contribution in [0.3, 0.4) is 0 Å². The number of nitrogens with one attached hydrogen (secondary N) is 4. The molecule has 0 aliphatic carbocycles. The van der Waals surface area contributed by atoms with Crippen LogP contribution in [0.1, 0.15) is 24.2 Å². The van der Waals surface area contributed by atoms with Crippen molar-refractivity contribution in [2.75, 3.05) is 55.9 Å². The zero-order chi connectivity index (χ0) is 28.4. The first-order valence-corrected chi connectivity index (χ1v) is 13.1. The molecule has 5 rings (SSSR count). The van der Waals surface area contributed by atoms with Gasteiger partial charge in [-0.3, -0.25) is 20.0 Å². The maximum atomic E-state index is 14.4. The number of rotatable bonds is 9. The Morgan fingerprint density at radius 3 is 2.50 bits per heavy atom. The minimum Gasteiger partial charge on any atom is -0.494 e. The number of carbonyl (C=O) groups excluding carboxylic acids is 1. The third-order valence-electron chi connectivity index (χ3n) is 7.12. The Bertz CT molecular complexity index is 1530. The molecule has 40 heavy (non-hydrogen) atoms. The lowest BCUT2D eigenvalue weighted by molar-refractivity contribution is -0.333. The van der Waals surface area contributed by atoms with Crippen molar-refractivity contribution in [3.8, 4) is 11.5 Å². The van der Waals surface area contributed by atoms with E-state index in [0.29, 0.717) is 46.0 Å². The highest BCUT2D eigenvalue weighted by Gasteiger charge is 2.25. The van der Waals surface area contributed by atoms with Gasteiger partial charge in [0.2, 0.25) is 11.5 Å². The Hall–Kier alpha value is -4.58. The number of carbonyl (C=O) groups is 1. The molecule has 1 fully saturated rings. The highest BCUT2D eigenvalue weighted by atomic mass is 19.1. The Morgan fingerprint density at radius 1 is 1.07 bits per heavy atom. The van der Waals surface area contributed by atoms with Crippen molar-refractivity contribution >= 4 is 45.8 Å². The van der Waals surface area contributed by atoms with Gasteiger partial charge in [0.25, 0.3) is 5.91 Å². The lowest BCUT2D eigenvalue weighted by atomic mass is 10.1. The molecule has 1 aliphatic rings. The second-order valence-electron chi connectivity index (χ2n) is 9.82. The number of hydrogen-bond donors (Lipinski definition) is 4. The first-order valence-electron chi connectivity index (χ1n) is 13.1. The summed E-state index contributed by atoms with van der Waals surface area (Å²) in [5.74, 6) is 0.468. The molecule has 0 radical (unpaired) electrons. The molecule has 2 aromatic heterocycles. The summed E-state index contributed by atoms with van der Waals surface area (Å²) < 4.78 is 25.9. The number of benzene rings is 2. The molecule has 0 spiro atoms. The number of anilines is 5. The number of hydrogen-bond acceptors (Lipinski definition) is 8. The van der Waals surface area contributed by atoms with Gasteiger partial charge in [0.05, 0.1) is 36.5 Å². The average molecular weight is 550 g/mol. The van der Waals surface area contributed by atoms with Crippen molar-refractivity contribution in [1.82, 2.24) is 14.9 Å². The highest BCUT2D eigenvalue weighted by molar-refractivity contribution is 6.00. The Balaban J connectivity index is 1.47. The van der Waals surface area contributed by atoms with Crippen molar-refractivity contribution in [3.63, 3.8) is 0 Å². The molecule has 11 nitrogen and oxygen atoms in total. The minimum atomic E-state index is -0.880. The number of ether oxygens (including phenoxy) is 2. The van der Waals surface area contributed by atoms with Crippen LogP contribution < -0.4 is 35.7 Å². The van der Waals surface area contributed by atoms with Gasteiger partial charge in [0.1, 0.15) is 17.3 Å². The number of nitrogens with zero attached hydrogens (tertiary/aromatic N) is 3. The summed E-state index contributed by atoms with van der Waals surface area (Å²) in [6.45, 7) is 8.13. The van der Waals surface area contributed by atoms with E-state index in [1.54, 1.807) is 26.5 Å². The van der Waals surface area contributed by atoms with Crippen molar-refractivity contribution < 1.29 is 23.6 Å². The van der Waals surface area contributed by atoms with Crippen molar-refractivity contribution in [2.24, 2.45) is 5.73 Å². The number of aromatic amines is 2. The van der Waals surface area contributed by atoms with Crippen LogP contribution in [0.4, 0.5) is 33.2 Å². The third-order valence-corrected chi connectivity index (χ3v) is 7.12. The van der Waals surface area contributed by atoms with Crippen LogP contribution in [0.2, 0.25) is 0 Å². The molecule has 1 amide bonds. The van der Waals surface area contributed by atoms with E-state index in [1.165, 1.54) is 12.1 Å². The van der Waals surface area contributed by atoms with Crippen LogP contribution in [0, 0.1) is 5.82 Å². The van der Waals surface area contributed by atoms with Crippen LogP contribution in [0.25, 0.3) is 11.0 Å². The zero-order valence-corrected chi connectivity index (χ0v) is 23.0. The predicted molar refractivity (Wildman–Crippen MR) is 153 cm³/mol. The van der Waals surface area contributed by atoms with Gasteiger partial charge in [-0.25, -0.2) is 9.37 Å². The number of nitrogens with two attached hydrogens (primary N) is 1. The maximum Gasteiger partial charge on any atom is 0.351 e. The highest BCUT2D eigenvalue weighted by Crippen LogP contribution is 2.40. The largest absolute Gasteiger partial charge is 0.494 e. The lowest BCUT2D eigenvalue weighted by Gasteiger charge is -2.38. The van der Waals surface area contributed by atoms with E-state index in [0.717, 1.165) is 31.9 Å². The number of primary amides is 1. The smallest absolute Gasteiger partial charge is 0.351 e. The van der Waals surface area contributed by atoms with Gasteiger partial charge in [0.15, 0.2) is 5.75 Å². The van der Waals surface area contributed by atoms with E-state index in [9.17, 15) is 9.18 Å². The predicted octanol–water partition coefficient (Wildman–Crippen LogP) is 3.65. The summed E-state index contributed by atoms with van der Waals surface area (Å²) in [5.41, 5.74) is 7.65. The molecule has 3 heterocycles. The number of fused-ring (bicyclic) bond motifs is 1. The Kier molecular flexibility index (Phi) is 7.60. The zero-order valence-electron chi connectivity index (χ0n) is 23.0. The molecular formula is C28H34FN8O3+. The average Bonchev–Trinajstić information content (AvgIpc) is 3.42. The van der Waals surface area contributed by atoms with Crippen LogP contribution in [-0.2, 0) is 0 Å². The molecular weight excluding hydrogens is 515 g/mol. The molecule has 1 saturated heterocycles. The summed E-state index contributed by atoms with van der Waals surface area (Å²) >= 11 is 0. The number of halogens is 1. The first-order chi connectivity index (χ1) is 19.3. The van der Waals surface area contributed by atoms with E-state index in [-0.39, 0.29) is 11.3 Å². The molecule has 4 aromatic rings. The van der Waals surface area contributed by atoms with Gasteiger partial charge in [0, 0.05) is 50.6 Å². The fourth-order valence-electron chi connectivity index (χ4n) is 4.98. The number of amides is 1. The van der Waals surface area contributed by atoms with E-state index in [4.69, 9.17) is 15.2 Å².